The van der Waals surface area contributed by atoms with Gasteiger partial charge in [-0.15, -0.1) is 0 Å². The van der Waals surface area contributed by atoms with E-state index in [9.17, 15) is 33.6 Å². The van der Waals surface area contributed by atoms with E-state index in [2.05, 4.69) is 46.2 Å². The summed E-state index contributed by atoms with van der Waals surface area (Å²) in [6.45, 7) is 5.02. The Hall–Kier alpha value is -4.45. The SMILES string of the molecule is CCC.CN.CN[C@@H](CCCNC=O)C(=O)Nc1ccc(COC(=O)NCC(=O)N2CCC[C@@H]2C=O)cc1.CO.NCC(=O)NCC=O. The van der Waals surface area contributed by atoms with Gasteiger partial charge in [0.25, 0.3) is 0 Å². The van der Waals surface area contributed by atoms with Gasteiger partial charge in [-0.05, 0) is 57.5 Å². The normalized spacial score (nSPS) is 12.9. The van der Waals surface area contributed by atoms with Crippen LogP contribution in [0.2, 0.25) is 0 Å². The smallest absolute Gasteiger partial charge is 0.407 e. The number of rotatable bonds is 16. The van der Waals surface area contributed by atoms with Crippen molar-refractivity contribution in [2.75, 3.05) is 59.2 Å². The molecule has 48 heavy (non-hydrogen) atoms. The summed E-state index contributed by atoms with van der Waals surface area (Å²) in [5.74, 6) is -0.815. The van der Waals surface area contributed by atoms with Gasteiger partial charge in [0.05, 0.1) is 25.2 Å². The summed E-state index contributed by atoms with van der Waals surface area (Å²) in [6.07, 6.45) is 5.15. The molecule has 0 saturated carbocycles. The first-order valence-corrected chi connectivity index (χ1v) is 15.5. The zero-order chi connectivity index (χ0) is 37.2. The molecule has 2 rings (SSSR count). The van der Waals surface area contributed by atoms with E-state index in [-0.39, 0.29) is 44.0 Å². The van der Waals surface area contributed by atoms with Gasteiger partial charge in [-0.2, -0.15) is 0 Å². The van der Waals surface area contributed by atoms with E-state index in [0.717, 1.165) is 19.8 Å². The lowest BCUT2D eigenvalue weighted by Crippen LogP contribution is -2.43. The third-order valence-electron chi connectivity index (χ3n) is 5.88. The molecule has 2 atom stereocenters. The van der Waals surface area contributed by atoms with Gasteiger partial charge in [0, 0.05) is 25.9 Å². The largest absolute Gasteiger partial charge is 0.445 e. The van der Waals surface area contributed by atoms with Gasteiger partial charge < -0.3 is 62.4 Å². The monoisotopic (exact) mass is 684 g/mol. The van der Waals surface area contributed by atoms with Gasteiger partial charge in [0.1, 0.15) is 25.7 Å². The number of carbonyl (C=O) groups excluding carboxylic acids is 7. The molecule has 0 spiro atoms. The van der Waals surface area contributed by atoms with E-state index >= 15 is 0 Å². The Morgan fingerprint density at radius 1 is 1.06 bits per heavy atom. The minimum atomic E-state index is -0.733. The number of hydrogen-bond donors (Lipinski definition) is 8. The van der Waals surface area contributed by atoms with Crippen molar-refractivity contribution in [2.45, 2.75) is 64.6 Å². The second-order valence-electron chi connectivity index (χ2n) is 9.49. The molecule has 0 aromatic heterocycles. The van der Waals surface area contributed by atoms with Crippen LogP contribution in [0.1, 0.15) is 51.5 Å². The van der Waals surface area contributed by atoms with E-state index in [1.807, 2.05) is 0 Å². The Kier molecular flexibility index (Phi) is 33.9. The van der Waals surface area contributed by atoms with E-state index < -0.39 is 18.2 Å². The summed E-state index contributed by atoms with van der Waals surface area (Å²) in [4.78, 5) is 78.8. The zero-order valence-corrected chi connectivity index (χ0v) is 28.8. The predicted molar refractivity (Wildman–Crippen MR) is 183 cm³/mol. The van der Waals surface area contributed by atoms with Crippen molar-refractivity contribution in [1.82, 2.24) is 26.2 Å². The Balaban J connectivity index is -0.00000114. The first-order valence-electron chi connectivity index (χ1n) is 15.5. The number of amides is 5. The quantitative estimate of drug-likeness (QED) is 0.0771. The minimum Gasteiger partial charge on any atom is -0.445 e. The molecule has 1 saturated heterocycles. The van der Waals surface area contributed by atoms with Crippen LogP contribution >= 0.6 is 0 Å². The summed E-state index contributed by atoms with van der Waals surface area (Å²) in [5, 5.41) is 20.0. The topological polar surface area (TPSA) is 264 Å². The first kappa shape index (κ1) is 48.0. The van der Waals surface area contributed by atoms with Crippen LogP contribution in [0.4, 0.5) is 10.5 Å². The van der Waals surface area contributed by atoms with Crippen molar-refractivity contribution in [3.8, 4) is 0 Å². The molecule has 0 bridgehead atoms. The number of aliphatic hydroxyl groups is 1. The summed E-state index contributed by atoms with van der Waals surface area (Å²) in [6, 6.07) is 6.02. The van der Waals surface area contributed by atoms with E-state index in [0.29, 0.717) is 56.3 Å². The van der Waals surface area contributed by atoms with Crippen molar-refractivity contribution in [2.24, 2.45) is 11.5 Å². The summed E-state index contributed by atoms with van der Waals surface area (Å²) in [7, 11) is 4.20. The van der Waals surface area contributed by atoms with Crippen LogP contribution in [-0.2, 0) is 40.1 Å². The lowest BCUT2D eigenvalue weighted by Gasteiger charge is -2.20. The fourth-order valence-corrected chi connectivity index (χ4v) is 3.71. The zero-order valence-electron chi connectivity index (χ0n) is 28.8. The minimum absolute atomic E-state index is 0.00218. The fourth-order valence-electron chi connectivity index (χ4n) is 3.71. The van der Waals surface area contributed by atoms with Gasteiger partial charge in [0.15, 0.2) is 0 Å². The number of aldehydes is 2. The summed E-state index contributed by atoms with van der Waals surface area (Å²) in [5.41, 5.74) is 10.7. The second-order valence-corrected chi connectivity index (χ2v) is 9.49. The van der Waals surface area contributed by atoms with Gasteiger partial charge >= 0.3 is 6.09 Å². The molecule has 17 heteroatoms. The van der Waals surface area contributed by atoms with Crippen LogP contribution in [0.5, 0.6) is 0 Å². The molecule has 1 aliphatic rings. The van der Waals surface area contributed by atoms with Crippen molar-refractivity contribution >= 4 is 48.5 Å². The summed E-state index contributed by atoms with van der Waals surface area (Å²) < 4.78 is 5.12. The van der Waals surface area contributed by atoms with Gasteiger partial charge in [-0.3, -0.25) is 19.2 Å². The van der Waals surface area contributed by atoms with Crippen molar-refractivity contribution in [1.29, 1.82) is 0 Å². The first-order chi connectivity index (χ1) is 23.2. The molecule has 1 aromatic carbocycles. The van der Waals surface area contributed by atoms with Gasteiger partial charge in [-0.25, -0.2) is 4.79 Å². The molecule has 1 aromatic rings. The highest BCUT2D eigenvalue weighted by atomic mass is 16.5. The Morgan fingerprint density at radius 3 is 2.21 bits per heavy atom. The van der Waals surface area contributed by atoms with Crippen LogP contribution in [-0.4, -0.2) is 119 Å². The van der Waals surface area contributed by atoms with E-state index in [4.69, 9.17) is 15.6 Å². The average molecular weight is 685 g/mol. The Bertz CT molecular complexity index is 1030. The highest BCUT2D eigenvalue weighted by Crippen LogP contribution is 2.15. The molecule has 0 unspecified atom stereocenters. The Morgan fingerprint density at radius 2 is 1.69 bits per heavy atom. The lowest BCUT2D eigenvalue weighted by molar-refractivity contribution is -0.133. The predicted octanol–water partition coefficient (Wildman–Crippen LogP) is -0.985. The van der Waals surface area contributed by atoms with Crippen LogP contribution < -0.4 is 38.1 Å². The number of hydrogen-bond acceptors (Lipinski definition) is 12. The fraction of sp³-hybridized carbons (Fsp3) is 0.581. The van der Waals surface area contributed by atoms with E-state index in [1.165, 1.54) is 18.4 Å². The van der Waals surface area contributed by atoms with Crippen LogP contribution in [0.15, 0.2) is 24.3 Å². The number of nitrogens with one attached hydrogen (secondary N) is 5. The highest BCUT2D eigenvalue weighted by molar-refractivity contribution is 5.94. The third kappa shape index (κ3) is 23.8. The maximum atomic E-state index is 12.4. The molecule has 1 heterocycles. The van der Waals surface area contributed by atoms with Gasteiger partial charge in [0.2, 0.25) is 24.1 Å². The number of nitrogens with zero attached hydrogens (tertiary/aromatic N) is 1. The molecule has 17 nitrogen and oxygen atoms in total. The van der Waals surface area contributed by atoms with Crippen molar-refractivity contribution in [3.05, 3.63) is 29.8 Å². The second kappa shape index (κ2) is 33.9. The molecule has 0 radical (unpaired) electrons. The van der Waals surface area contributed by atoms with Gasteiger partial charge in [-0.1, -0.05) is 32.4 Å². The van der Waals surface area contributed by atoms with Crippen LogP contribution in [0, 0.1) is 0 Å². The maximum Gasteiger partial charge on any atom is 0.407 e. The molecule has 0 aliphatic carbocycles. The number of likely N-dealkylation sites (N-methyl/N-ethyl adjacent to an activating group) is 1. The number of nitrogens with two attached hydrogens (primary N) is 2. The number of alkyl carbamates (subject to hydrolysis) is 1. The molecular formula is C31H56N8O9. The summed E-state index contributed by atoms with van der Waals surface area (Å²) >= 11 is 0. The molecular weight excluding hydrogens is 628 g/mol. The third-order valence-corrected chi connectivity index (χ3v) is 5.88. The number of anilines is 1. The van der Waals surface area contributed by atoms with Crippen molar-refractivity contribution < 1.29 is 43.4 Å². The van der Waals surface area contributed by atoms with Crippen LogP contribution in [0.25, 0.3) is 0 Å². The van der Waals surface area contributed by atoms with E-state index in [1.54, 1.807) is 31.3 Å². The number of likely N-dealkylation sites (tertiary alicyclic amines) is 1. The number of carbonyl (C=O) groups is 7. The molecule has 5 amide bonds. The molecule has 1 aliphatic heterocycles. The maximum absolute atomic E-state index is 12.4. The number of ether oxygens (including phenoxy) is 1. The molecule has 274 valence electrons. The average Bonchev–Trinajstić information content (AvgIpc) is 3.61. The standard InChI is InChI=1S/C22H31N5O6.C4H8N2O2.C3H8.CH5N.CH4O/c1-23-19(5-2-10-24-15-29)21(31)26-17-8-6-16(7-9-17)14-33-22(32)25-12-20(30)27-11-3-4-18(27)13-28;5-3-4(8)6-1-2-7;1-3-2;2*1-2/h6-9,13,15,18-19,23H,2-5,10-12,14H2,1H3,(H,24,29)(H,25,32)(H,26,31);2H,1,3,5H2,(H,6,8);3H2,1-2H3;2H2,1H3;2H,1H3/t18-,19+;;;;/m1..../s1. The number of benzene rings is 1. The Labute approximate surface area is 283 Å². The molecule has 10 N–H and O–H groups in total. The number of aliphatic hydroxyl groups excluding tert-OH is 1. The lowest BCUT2D eigenvalue weighted by atomic mass is 10.1. The highest BCUT2D eigenvalue weighted by Gasteiger charge is 2.28. The van der Waals surface area contributed by atoms with Crippen LogP contribution in [0.3, 0.4) is 0 Å². The molecule has 1 fully saturated rings. The van der Waals surface area contributed by atoms with Crippen molar-refractivity contribution in [3.63, 3.8) is 0 Å².